The van der Waals surface area contributed by atoms with Gasteiger partial charge in [0.15, 0.2) is 5.65 Å². The average molecular weight is 266 g/mol. The van der Waals surface area contributed by atoms with Crippen LogP contribution in [0.1, 0.15) is 12.5 Å². The Balaban J connectivity index is 2.38. The maximum Gasteiger partial charge on any atom is 0.160 e. The standard InChI is InChI=1S/C16H18N4/c1-4-11-10-18-16-13(14(11)17-2)15(19-20(16)3)12-8-6-5-7-9-12/h5-10H,4H2,1-3H3,(H,17,18). The van der Waals surface area contributed by atoms with Crippen LogP contribution in [0.5, 0.6) is 0 Å². The first-order valence-corrected chi connectivity index (χ1v) is 6.84. The molecule has 0 aliphatic carbocycles. The lowest BCUT2D eigenvalue weighted by molar-refractivity contribution is 0.789. The van der Waals surface area contributed by atoms with Crippen LogP contribution in [-0.2, 0) is 13.5 Å². The Morgan fingerprint density at radius 1 is 1.20 bits per heavy atom. The molecule has 2 aromatic heterocycles. The summed E-state index contributed by atoms with van der Waals surface area (Å²) in [6, 6.07) is 10.3. The number of pyridine rings is 1. The second-order valence-electron chi connectivity index (χ2n) is 4.80. The van der Waals surface area contributed by atoms with Crippen molar-refractivity contribution >= 4 is 16.7 Å². The SMILES string of the molecule is CCc1cnc2c(c(-c3ccccc3)nn2C)c1NC. The lowest BCUT2D eigenvalue weighted by Gasteiger charge is -2.09. The zero-order valence-electron chi connectivity index (χ0n) is 12.0. The third kappa shape index (κ3) is 1.84. The van der Waals surface area contributed by atoms with Crippen molar-refractivity contribution in [2.75, 3.05) is 12.4 Å². The molecule has 0 unspecified atom stereocenters. The lowest BCUT2D eigenvalue weighted by atomic mass is 10.0. The highest BCUT2D eigenvalue weighted by molar-refractivity contribution is 6.01. The Hall–Kier alpha value is -2.36. The van der Waals surface area contributed by atoms with Gasteiger partial charge in [0.05, 0.1) is 11.1 Å². The van der Waals surface area contributed by atoms with Gasteiger partial charge in [-0.25, -0.2) is 9.67 Å². The molecule has 0 bridgehead atoms. The highest BCUT2D eigenvalue weighted by atomic mass is 15.3. The second kappa shape index (κ2) is 4.96. The molecular weight excluding hydrogens is 248 g/mol. The number of hydrogen-bond acceptors (Lipinski definition) is 3. The predicted octanol–water partition coefficient (Wildman–Crippen LogP) is 3.24. The summed E-state index contributed by atoms with van der Waals surface area (Å²) in [6.07, 6.45) is 2.88. The molecule has 4 heteroatoms. The van der Waals surface area contributed by atoms with Gasteiger partial charge in [-0.05, 0) is 12.0 Å². The van der Waals surface area contributed by atoms with Gasteiger partial charge in [-0.15, -0.1) is 0 Å². The van der Waals surface area contributed by atoms with Gasteiger partial charge in [-0.1, -0.05) is 37.3 Å². The smallest absolute Gasteiger partial charge is 0.160 e. The molecule has 0 aliphatic heterocycles. The molecule has 0 saturated carbocycles. The van der Waals surface area contributed by atoms with Crippen LogP contribution >= 0.6 is 0 Å². The van der Waals surface area contributed by atoms with E-state index in [0.29, 0.717) is 0 Å². The van der Waals surface area contributed by atoms with Crippen LogP contribution in [-0.4, -0.2) is 21.8 Å². The van der Waals surface area contributed by atoms with Crippen LogP contribution in [0.15, 0.2) is 36.5 Å². The van der Waals surface area contributed by atoms with Crippen molar-refractivity contribution in [1.82, 2.24) is 14.8 Å². The fourth-order valence-electron chi connectivity index (χ4n) is 2.61. The number of hydrogen-bond donors (Lipinski definition) is 1. The zero-order chi connectivity index (χ0) is 14.1. The molecule has 0 atom stereocenters. The van der Waals surface area contributed by atoms with E-state index in [-0.39, 0.29) is 0 Å². The van der Waals surface area contributed by atoms with E-state index in [1.54, 1.807) is 0 Å². The highest BCUT2D eigenvalue weighted by Crippen LogP contribution is 2.34. The van der Waals surface area contributed by atoms with E-state index in [1.807, 2.05) is 43.2 Å². The van der Waals surface area contributed by atoms with E-state index in [1.165, 1.54) is 5.56 Å². The van der Waals surface area contributed by atoms with E-state index >= 15 is 0 Å². The Kier molecular flexibility index (Phi) is 3.14. The second-order valence-corrected chi connectivity index (χ2v) is 4.80. The number of aromatic nitrogens is 3. The topological polar surface area (TPSA) is 42.7 Å². The van der Waals surface area contributed by atoms with E-state index in [4.69, 9.17) is 0 Å². The predicted molar refractivity (Wildman–Crippen MR) is 82.9 cm³/mol. The molecule has 0 saturated heterocycles. The fourth-order valence-corrected chi connectivity index (χ4v) is 2.61. The molecule has 3 aromatic rings. The summed E-state index contributed by atoms with van der Waals surface area (Å²) in [5.41, 5.74) is 5.35. The lowest BCUT2D eigenvalue weighted by Crippen LogP contribution is -1.98. The summed E-state index contributed by atoms with van der Waals surface area (Å²) in [6.45, 7) is 2.14. The van der Waals surface area contributed by atoms with Crippen molar-refractivity contribution in [3.63, 3.8) is 0 Å². The third-order valence-corrected chi connectivity index (χ3v) is 3.61. The monoisotopic (exact) mass is 266 g/mol. The molecular formula is C16H18N4. The van der Waals surface area contributed by atoms with Gasteiger partial charge in [0.1, 0.15) is 5.69 Å². The molecule has 1 aromatic carbocycles. The van der Waals surface area contributed by atoms with Crippen LogP contribution in [0, 0.1) is 0 Å². The van der Waals surface area contributed by atoms with Gasteiger partial charge in [-0.3, -0.25) is 0 Å². The van der Waals surface area contributed by atoms with Crippen LogP contribution in [0.4, 0.5) is 5.69 Å². The molecule has 3 rings (SSSR count). The molecule has 0 spiro atoms. The molecule has 0 fully saturated rings. The molecule has 2 heterocycles. The highest BCUT2D eigenvalue weighted by Gasteiger charge is 2.17. The summed E-state index contributed by atoms with van der Waals surface area (Å²) in [5, 5.41) is 9.08. The van der Waals surface area contributed by atoms with E-state index < -0.39 is 0 Å². The van der Waals surface area contributed by atoms with E-state index in [0.717, 1.165) is 34.4 Å². The van der Waals surface area contributed by atoms with Crippen LogP contribution in [0.3, 0.4) is 0 Å². The molecule has 20 heavy (non-hydrogen) atoms. The minimum atomic E-state index is 0.908. The molecule has 0 radical (unpaired) electrons. The average Bonchev–Trinajstić information content (AvgIpc) is 2.84. The Morgan fingerprint density at radius 3 is 2.60 bits per heavy atom. The first kappa shape index (κ1) is 12.7. The minimum absolute atomic E-state index is 0.908. The quantitative estimate of drug-likeness (QED) is 0.791. The number of fused-ring (bicyclic) bond motifs is 1. The fraction of sp³-hybridized carbons (Fsp3) is 0.250. The van der Waals surface area contributed by atoms with Gasteiger partial charge in [0, 0.05) is 25.9 Å². The van der Waals surface area contributed by atoms with Gasteiger partial charge in [0.2, 0.25) is 0 Å². The minimum Gasteiger partial charge on any atom is -0.387 e. The first-order valence-electron chi connectivity index (χ1n) is 6.84. The maximum atomic E-state index is 4.66. The van der Waals surface area contributed by atoms with Crippen molar-refractivity contribution in [3.05, 3.63) is 42.1 Å². The van der Waals surface area contributed by atoms with Crippen LogP contribution < -0.4 is 5.32 Å². The summed E-state index contributed by atoms with van der Waals surface area (Å²) < 4.78 is 1.85. The molecule has 1 N–H and O–H groups in total. The Bertz CT molecular complexity index is 744. The summed E-state index contributed by atoms with van der Waals surface area (Å²) in [4.78, 5) is 4.57. The largest absolute Gasteiger partial charge is 0.387 e. The Labute approximate surface area is 118 Å². The van der Waals surface area contributed by atoms with Crippen molar-refractivity contribution in [3.8, 4) is 11.3 Å². The summed E-state index contributed by atoms with van der Waals surface area (Å²) in [5.74, 6) is 0. The number of rotatable bonds is 3. The third-order valence-electron chi connectivity index (χ3n) is 3.61. The van der Waals surface area contributed by atoms with Gasteiger partial charge in [-0.2, -0.15) is 5.10 Å². The Morgan fingerprint density at radius 2 is 1.95 bits per heavy atom. The van der Waals surface area contributed by atoms with Gasteiger partial charge < -0.3 is 5.32 Å². The van der Waals surface area contributed by atoms with Gasteiger partial charge >= 0.3 is 0 Å². The number of aryl methyl sites for hydroxylation is 2. The normalized spacial score (nSPS) is 10.9. The summed E-state index contributed by atoms with van der Waals surface area (Å²) >= 11 is 0. The number of nitrogens with one attached hydrogen (secondary N) is 1. The van der Waals surface area contributed by atoms with Crippen molar-refractivity contribution < 1.29 is 0 Å². The van der Waals surface area contributed by atoms with Crippen molar-refractivity contribution in [2.45, 2.75) is 13.3 Å². The number of nitrogens with zero attached hydrogens (tertiary/aromatic N) is 3. The van der Waals surface area contributed by atoms with Gasteiger partial charge in [0.25, 0.3) is 0 Å². The first-order chi connectivity index (χ1) is 9.76. The molecule has 102 valence electrons. The zero-order valence-corrected chi connectivity index (χ0v) is 12.0. The van der Waals surface area contributed by atoms with E-state index in [9.17, 15) is 0 Å². The van der Waals surface area contributed by atoms with E-state index in [2.05, 4.69) is 34.5 Å². The summed E-state index contributed by atoms with van der Waals surface area (Å²) in [7, 11) is 3.89. The van der Waals surface area contributed by atoms with Crippen molar-refractivity contribution in [1.29, 1.82) is 0 Å². The van der Waals surface area contributed by atoms with Crippen LogP contribution in [0.2, 0.25) is 0 Å². The molecule has 0 aliphatic rings. The maximum absolute atomic E-state index is 4.66. The number of anilines is 1. The van der Waals surface area contributed by atoms with Crippen LogP contribution in [0.25, 0.3) is 22.3 Å². The number of benzene rings is 1. The molecule has 4 nitrogen and oxygen atoms in total. The molecule has 0 amide bonds. The van der Waals surface area contributed by atoms with Crippen molar-refractivity contribution in [2.24, 2.45) is 7.05 Å².